The number of anilines is 2. The highest BCUT2D eigenvalue weighted by atomic mass is 32.2. The molecule has 0 saturated carbocycles. The minimum Gasteiger partial charge on any atom is -0.379 e. The number of nitro groups is 1. The molecule has 0 bridgehead atoms. The summed E-state index contributed by atoms with van der Waals surface area (Å²) in [4.78, 5) is 31.0. The molecule has 1 amide bonds. The molecule has 4 aromatic rings. The Kier molecular flexibility index (Phi) is 13.3. The maximum absolute atomic E-state index is 13.8. The molecule has 0 spiro atoms. The molecular weight excluding hydrogens is 641 g/mol. The van der Waals surface area contributed by atoms with Gasteiger partial charge in [-0.15, -0.1) is 0 Å². The van der Waals surface area contributed by atoms with Crippen LogP contribution in [-0.4, -0.2) is 94.9 Å². The van der Waals surface area contributed by atoms with Gasteiger partial charge in [-0.1, -0.05) is 72.8 Å². The third-order valence-electron chi connectivity index (χ3n) is 8.13. The van der Waals surface area contributed by atoms with E-state index in [-0.39, 0.29) is 39.3 Å². The van der Waals surface area contributed by atoms with Gasteiger partial charge in [-0.05, 0) is 89.5 Å². The number of benzene rings is 4. The largest absolute Gasteiger partial charge is 0.379 e. The van der Waals surface area contributed by atoms with Crippen LogP contribution in [0.5, 0.6) is 0 Å². The monoisotopic (exact) mass is 686 g/mol. The molecule has 2 N–H and O–H groups in total. The van der Waals surface area contributed by atoms with Gasteiger partial charge >= 0.3 is 0 Å². The zero-order chi connectivity index (χ0) is 35.4. The molecule has 0 radical (unpaired) electrons. The number of amides is 1. The molecule has 4 rings (SSSR count). The Balaban J connectivity index is 1.57. The van der Waals surface area contributed by atoms with Crippen molar-refractivity contribution in [1.82, 2.24) is 14.7 Å². The topological polar surface area (TPSA) is 128 Å². The van der Waals surface area contributed by atoms with Gasteiger partial charge in [0, 0.05) is 31.6 Å². The van der Waals surface area contributed by atoms with E-state index in [9.17, 15) is 23.3 Å². The smallest absolute Gasteiger partial charge is 0.293 e. The van der Waals surface area contributed by atoms with Gasteiger partial charge in [0.05, 0.1) is 21.1 Å². The van der Waals surface area contributed by atoms with Crippen LogP contribution in [0, 0.1) is 10.1 Å². The molecule has 0 aromatic heterocycles. The summed E-state index contributed by atoms with van der Waals surface area (Å²) in [6, 6.07) is 29.9. The van der Waals surface area contributed by atoms with Crippen molar-refractivity contribution in [2.75, 3.05) is 71.0 Å². The fourth-order valence-electron chi connectivity index (χ4n) is 5.59. The minimum atomic E-state index is -4.31. The summed E-state index contributed by atoms with van der Waals surface area (Å²) in [7, 11) is 3.59. The van der Waals surface area contributed by atoms with Crippen molar-refractivity contribution in [3.05, 3.63) is 130 Å². The van der Waals surface area contributed by atoms with E-state index in [4.69, 9.17) is 0 Å². The number of sulfonamides is 1. The predicted octanol–water partition coefficient (Wildman–Crippen LogP) is 5.99. The van der Waals surface area contributed by atoms with Gasteiger partial charge in [-0.2, -0.15) is 0 Å². The van der Waals surface area contributed by atoms with Gasteiger partial charge in [-0.25, -0.2) is 8.42 Å². The first-order valence-electron chi connectivity index (χ1n) is 16.3. The van der Waals surface area contributed by atoms with Crippen molar-refractivity contribution in [3.63, 3.8) is 0 Å². The number of nitro benzene ring substituents is 1. The van der Waals surface area contributed by atoms with Crippen LogP contribution >= 0.6 is 0 Å². The van der Waals surface area contributed by atoms with Crippen molar-refractivity contribution in [2.45, 2.75) is 23.7 Å². The third kappa shape index (κ3) is 10.6. The lowest BCUT2D eigenvalue weighted by Crippen LogP contribution is -2.36. The Bertz CT molecular complexity index is 1730. The van der Waals surface area contributed by atoms with Crippen LogP contribution < -0.4 is 10.0 Å². The zero-order valence-electron chi connectivity index (χ0n) is 28.6. The fourth-order valence-corrected chi connectivity index (χ4v) is 6.69. The fraction of sp³-hybridized carbons (Fsp3) is 0.324. The number of hydrogen-bond acceptors (Lipinski definition) is 8. The average Bonchev–Trinajstić information content (AvgIpc) is 3.08. The molecule has 0 heterocycles. The lowest BCUT2D eigenvalue weighted by Gasteiger charge is -2.25. The molecule has 260 valence electrons. The van der Waals surface area contributed by atoms with E-state index >= 15 is 0 Å². The summed E-state index contributed by atoms with van der Waals surface area (Å²) < 4.78 is 29.9. The number of nitrogens with one attached hydrogen (secondary N) is 2. The summed E-state index contributed by atoms with van der Waals surface area (Å²) in [5, 5.41) is 15.4. The number of nitrogens with zero attached hydrogens (tertiary/aromatic N) is 4. The van der Waals surface area contributed by atoms with Crippen LogP contribution in [0.3, 0.4) is 0 Å². The van der Waals surface area contributed by atoms with E-state index < -0.39 is 14.9 Å². The standard InChI is InChI=1S/C37H46N6O5S/c1-40(2)23-13-25-42(26-14-24-41(3)4)37(44)32-19-11-12-20-34(32)39-49(47,48)31-21-22-35(36(27-31)43(45)46)38-28-33(29-15-7-5-8-16-29)30-17-9-6-10-18-30/h5-12,15-22,27,33,38-39H,13-14,23-26,28H2,1-4H3. The molecule has 12 heteroatoms. The molecule has 4 aromatic carbocycles. The number of hydrogen-bond donors (Lipinski definition) is 2. The number of rotatable bonds is 18. The van der Waals surface area contributed by atoms with E-state index in [1.54, 1.807) is 23.1 Å². The molecule has 0 atom stereocenters. The van der Waals surface area contributed by atoms with Crippen molar-refractivity contribution < 1.29 is 18.1 Å². The lowest BCUT2D eigenvalue weighted by molar-refractivity contribution is -0.384. The first-order valence-corrected chi connectivity index (χ1v) is 17.8. The quantitative estimate of drug-likeness (QED) is 0.0966. The van der Waals surface area contributed by atoms with E-state index in [2.05, 4.69) is 19.8 Å². The lowest BCUT2D eigenvalue weighted by atomic mass is 9.91. The van der Waals surface area contributed by atoms with Crippen molar-refractivity contribution in [2.24, 2.45) is 0 Å². The van der Waals surface area contributed by atoms with Crippen LogP contribution in [0.4, 0.5) is 17.1 Å². The maximum Gasteiger partial charge on any atom is 0.293 e. The SMILES string of the molecule is CN(C)CCCN(CCCN(C)C)C(=O)c1ccccc1NS(=O)(=O)c1ccc(NCC(c2ccccc2)c2ccccc2)c([N+](=O)[O-])c1. The summed E-state index contributed by atoms with van der Waals surface area (Å²) in [5.74, 6) is -0.390. The molecule has 0 unspecified atom stereocenters. The molecular formula is C37H46N6O5S. The second kappa shape index (κ2) is 17.6. The van der Waals surface area contributed by atoms with Crippen LogP contribution in [0.15, 0.2) is 108 Å². The predicted molar refractivity (Wildman–Crippen MR) is 196 cm³/mol. The molecule has 49 heavy (non-hydrogen) atoms. The Hall–Kier alpha value is -4.78. The first kappa shape index (κ1) is 37.0. The third-order valence-corrected chi connectivity index (χ3v) is 9.50. The summed E-state index contributed by atoms with van der Waals surface area (Å²) in [5.41, 5.74) is 2.21. The summed E-state index contributed by atoms with van der Waals surface area (Å²) >= 11 is 0. The molecule has 0 aliphatic carbocycles. The Labute approximate surface area is 289 Å². The van der Waals surface area contributed by atoms with Gasteiger partial charge in [-0.3, -0.25) is 19.6 Å². The first-order chi connectivity index (χ1) is 23.5. The van der Waals surface area contributed by atoms with E-state index in [0.29, 0.717) is 19.6 Å². The molecule has 0 aliphatic heterocycles. The zero-order valence-corrected chi connectivity index (χ0v) is 29.4. The van der Waals surface area contributed by atoms with Gasteiger partial charge in [0.1, 0.15) is 5.69 Å². The normalized spacial score (nSPS) is 11.6. The molecule has 0 fully saturated rings. The summed E-state index contributed by atoms with van der Waals surface area (Å²) in [6.07, 6.45) is 1.52. The van der Waals surface area contributed by atoms with Crippen LogP contribution in [0.2, 0.25) is 0 Å². The Morgan fingerprint density at radius 3 is 1.80 bits per heavy atom. The van der Waals surface area contributed by atoms with Crippen molar-refractivity contribution in [3.8, 4) is 0 Å². The van der Waals surface area contributed by atoms with Gasteiger partial charge in [0.2, 0.25) is 0 Å². The van der Waals surface area contributed by atoms with E-state index in [0.717, 1.165) is 43.1 Å². The van der Waals surface area contributed by atoms with Gasteiger partial charge < -0.3 is 20.0 Å². The Morgan fingerprint density at radius 2 is 1.27 bits per heavy atom. The van der Waals surface area contributed by atoms with Crippen molar-refractivity contribution in [1.29, 1.82) is 0 Å². The van der Waals surface area contributed by atoms with Gasteiger partial charge in [0.15, 0.2) is 0 Å². The summed E-state index contributed by atoms with van der Waals surface area (Å²) in [6.45, 7) is 2.97. The van der Waals surface area contributed by atoms with Crippen LogP contribution in [0.1, 0.15) is 40.2 Å². The number of carbonyl (C=O) groups is 1. The van der Waals surface area contributed by atoms with E-state index in [1.165, 1.54) is 18.2 Å². The second-order valence-electron chi connectivity index (χ2n) is 12.4. The van der Waals surface area contributed by atoms with E-state index in [1.807, 2.05) is 88.9 Å². The van der Waals surface area contributed by atoms with Crippen molar-refractivity contribution >= 4 is 33.0 Å². The highest BCUT2D eigenvalue weighted by molar-refractivity contribution is 7.92. The average molecular weight is 687 g/mol. The highest BCUT2D eigenvalue weighted by Crippen LogP contribution is 2.32. The van der Waals surface area contributed by atoms with Gasteiger partial charge in [0.25, 0.3) is 21.6 Å². The number of carbonyl (C=O) groups excluding carboxylic acids is 1. The minimum absolute atomic E-state index is 0.105. The van der Waals surface area contributed by atoms with Crippen LogP contribution in [0.25, 0.3) is 0 Å². The Morgan fingerprint density at radius 1 is 0.735 bits per heavy atom. The highest BCUT2D eigenvalue weighted by Gasteiger charge is 2.26. The number of para-hydroxylation sites is 1. The second-order valence-corrected chi connectivity index (χ2v) is 14.1. The molecule has 0 saturated heterocycles. The van der Waals surface area contributed by atoms with Crippen LogP contribution in [-0.2, 0) is 10.0 Å². The maximum atomic E-state index is 13.8. The molecule has 0 aliphatic rings. The molecule has 11 nitrogen and oxygen atoms in total.